The Morgan fingerprint density at radius 2 is 0.627 bits per heavy atom. The Morgan fingerprint density at radius 1 is 0.314 bits per heavy atom. The molecule has 0 aliphatic carbocycles. The van der Waals surface area contributed by atoms with Crippen LogP contribution in [-0.4, -0.2) is 273 Å². The van der Waals surface area contributed by atoms with E-state index in [4.69, 9.17) is 11.5 Å². The van der Waals surface area contributed by atoms with Gasteiger partial charge in [-0.3, -0.25) is 46.8 Å². The Kier molecular flexibility index (Phi) is 31.5. The van der Waals surface area contributed by atoms with Crippen LogP contribution in [0, 0.1) is 48.5 Å². The van der Waals surface area contributed by atoms with Gasteiger partial charge in [0.2, 0.25) is 59.6 Å². The number of nitrogens with zero attached hydrogens (tertiary/aromatic N) is 22. The number of aliphatic imine (C=N–C) groups is 14. The van der Waals surface area contributed by atoms with Crippen LogP contribution in [0.15, 0.2) is 155 Å². The molecule has 42 nitrogen and oxygen atoms in total. The normalized spacial score (nSPS) is 20.1. The molecule has 7 aliphatic heterocycles. The fraction of sp³-hybridized carbons (Fsp3) is 0.447. The number of nitrogens with one attached hydrogen (secondary N) is 18. The largest absolute Gasteiger partial charge is 0.370 e. The lowest BCUT2D eigenvalue weighted by Crippen LogP contribution is -2.54. The number of aromatic amines is 7. The molecule has 0 spiro atoms. The average Bonchev–Trinajstić information content (AvgIpc) is 1.48. The van der Waals surface area contributed by atoms with Crippen LogP contribution in [0.4, 0.5) is 40.7 Å². The van der Waals surface area contributed by atoms with Crippen LogP contribution in [0.25, 0.3) is 0 Å². The fourth-order valence-corrected chi connectivity index (χ4v) is 11.5. The molecule has 0 saturated heterocycles. The summed E-state index contributed by atoms with van der Waals surface area (Å²) in [5, 5.41) is 34.0. The van der Waals surface area contributed by atoms with Gasteiger partial charge in [-0.2, -0.15) is 0 Å². The number of rotatable bonds is 7. The quantitative estimate of drug-likeness (QED) is 0.0968. The minimum Gasteiger partial charge on any atom is -0.370 e. The van der Waals surface area contributed by atoms with Crippen LogP contribution < -0.4 is 89.6 Å². The molecule has 0 fully saturated rings. The van der Waals surface area contributed by atoms with Crippen LogP contribution in [0.1, 0.15) is 88.3 Å². The lowest BCUT2D eigenvalue weighted by molar-refractivity contribution is 0.499. The van der Waals surface area contributed by atoms with E-state index in [0.29, 0.717) is 41.7 Å². The van der Waals surface area contributed by atoms with E-state index in [-0.39, 0.29) is 43.2 Å². The van der Waals surface area contributed by atoms with E-state index >= 15 is 0 Å². The lowest BCUT2D eigenvalue weighted by Gasteiger charge is -2.35. The maximum Gasteiger partial charge on any atom is 0.210 e. The van der Waals surface area contributed by atoms with Crippen molar-refractivity contribution in [2.45, 2.75) is 140 Å². The molecule has 118 heavy (non-hydrogen) atoms. The molecule has 0 aromatic carbocycles. The Morgan fingerprint density at radius 3 is 1.01 bits per heavy atom. The molecule has 42 heteroatoms. The summed E-state index contributed by atoms with van der Waals surface area (Å²) < 4.78 is 0. The summed E-state index contributed by atoms with van der Waals surface area (Å²) in [7, 11) is 25.1. The van der Waals surface area contributed by atoms with Gasteiger partial charge in [-0.25, -0.2) is 59.9 Å². The first-order valence-corrected chi connectivity index (χ1v) is 38.5. The van der Waals surface area contributed by atoms with Gasteiger partial charge in [0.1, 0.15) is 83.9 Å². The first-order chi connectivity index (χ1) is 55.9. The molecule has 7 atom stereocenters. The molecule has 7 aliphatic rings. The second-order valence-electron chi connectivity index (χ2n) is 28.9. The number of guanidine groups is 14. The maximum atomic E-state index is 5.66. The smallest absolute Gasteiger partial charge is 0.210 e. The van der Waals surface area contributed by atoms with E-state index in [1.807, 2.05) is 286 Å². The van der Waals surface area contributed by atoms with Crippen molar-refractivity contribution in [3.05, 3.63) is 125 Å². The second kappa shape index (κ2) is 41.4. The van der Waals surface area contributed by atoms with E-state index in [1.54, 1.807) is 14.1 Å². The van der Waals surface area contributed by atoms with Gasteiger partial charge in [0, 0.05) is 131 Å². The van der Waals surface area contributed by atoms with E-state index in [0.717, 1.165) is 122 Å². The Hall–Kier alpha value is -13.9. The van der Waals surface area contributed by atoms with Crippen molar-refractivity contribution in [3.63, 3.8) is 0 Å². The highest BCUT2D eigenvalue weighted by Gasteiger charge is 2.27. The summed E-state index contributed by atoms with van der Waals surface area (Å²) in [4.78, 5) is 98.9. The molecule has 14 heterocycles. The number of H-pyrrole nitrogens is 7. The molecule has 7 aromatic heterocycles. The highest BCUT2D eigenvalue weighted by molar-refractivity contribution is 6.11. The van der Waals surface area contributed by atoms with Crippen molar-refractivity contribution in [1.29, 1.82) is 0 Å². The van der Waals surface area contributed by atoms with Gasteiger partial charge in [0.25, 0.3) is 0 Å². The Bertz CT molecular complexity index is 4900. The maximum absolute atomic E-state index is 5.66. The third kappa shape index (κ3) is 26.9. The van der Waals surface area contributed by atoms with Crippen LogP contribution in [0.2, 0.25) is 0 Å². The van der Waals surface area contributed by atoms with Crippen molar-refractivity contribution in [2.75, 3.05) is 127 Å². The first kappa shape index (κ1) is 89.7. The minimum absolute atomic E-state index is 0.0125. The third-order valence-corrected chi connectivity index (χ3v) is 17.4. The predicted octanol–water partition coefficient (Wildman–Crippen LogP) is 5.25. The topological polar surface area (TPSA) is 494 Å². The molecule has 7 unspecified atom stereocenters. The summed E-state index contributed by atoms with van der Waals surface area (Å²) in [6, 6.07) is 28.1. The van der Waals surface area contributed by atoms with Crippen LogP contribution in [0.3, 0.4) is 0 Å². The Labute approximate surface area is 691 Å². The SMILES string of the molecule is CN=C1NC(N(C)c2ccc(C)[nH]2)=NC(C)N1.CN=C1NC(Nc2ccc(C)[nH]2)=NC(C)N1.Cc1ccc(N(C)C2=NC(C)N=C(N(C)C)N2)[nH]1.Cc1ccc(N(C)C2=NC(C)N=C(N(C)C)N2C)[nH]1.Cc1ccc(N(C)C2=NC(C)N=C(N)N2)[nH]1.Cc1ccc(NC2=NC(C)N=C(N(C)C)N2)[nH]1.Cc1ccc(NC2=NC(C)N=C(N)N2)[nH]1. The van der Waals surface area contributed by atoms with Crippen molar-refractivity contribution < 1.29 is 0 Å². The summed E-state index contributed by atoms with van der Waals surface area (Å²) in [5.74, 6) is 16.6. The highest BCUT2D eigenvalue weighted by Crippen LogP contribution is 2.20. The van der Waals surface area contributed by atoms with Crippen molar-refractivity contribution >= 4 is 124 Å². The number of hydrogen-bond donors (Lipinski definition) is 20. The third-order valence-electron chi connectivity index (χ3n) is 17.4. The van der Waals surface area contributed by atoms with Gasteiger partial charge in [0.05, 0.1) is 0 Å². The lowest BCUT2D eigenvalue weighted by atomic mass is 10.4. The first-order valence-electron chi connectivity index (χ1n) is 38.5. The van der Waals surface area contributed by atoms with Crippen molar-refractivity contribution in [1.82, 2.24) is 97.0 Å². The second-order valence-corrected chi connectivity index (χ2v) is 28.9. The van der Waals surface area contributed by atoms with Gasteiger partial charge in [-0.1, -0.05) is 0 Å². The molecular weight excluding hydrogens is 1500 g/mol. The molecule has 14 rings (SSSR count). The molecule has 0 saturated carbocycles. The van der Waals surface area contributed by atoms with E-state index in [9.17, 15) is 0 Å². The van der Waals surface area contributed by atoms with Crippen LogP contribution in [-0.2, 0) is 0 Å². The molecule has 7 aromatic rings. The fourth-order valence-electron chi connectivity index (χ4n) is 11.5. The molecular formula is C76H124N42. The number of nitrogens with two attached hydrogens (primary N) is 2. The monoisotopic (exact) mass is 1630 g/mol. The van der Waals surface area contributed by atoms with Crippen LogP contribution in [0.5, 0.6) is 0 Å². The van der Waals surface area contributed by atoms with Crippen molar-refractivity contribution in [3.8, 4) is 0 Å². The average molecular weight is 1630 g/mol. The predicted molar refractivity (Wildman–Crippen MR) is 488 cm³/mol. The summed E-state index contributed by atoms with van der Waals surface area (Å²) in [6.45, 7) is 27.7. The minimum atomic E-state index is -0.148. The molecule has 0 radical (unpaired) electrons. The summed E-state index contributed by atoms with van der Waals surface area (Å²) in [5.41, 5.74) is 19.0. The number of aryl methyl sites for hydroxylation is 7. The standard InChI is InChI=1S/C13H22N6.C12H20N6.2C11H18N6.2C10H16N6.C9H14N6/c1-9-7-8-11(14-9)18(5)13-16-10(2)15-12(17(3)4)19(13)6;1-8-6-7-10(13-8)18(5)12-15-9(2)14-11(16-12)17(3)4;1-7-5-6-9(12-7)15-10-13-8(2)14-11(16-10)17(3)4;1-7-5-6-9(13-7)17(4)11-15-8(2)14-10(12-3)16-11;1-6-4-5-8(12-6)16(3)10-14-7(2)13-9(11)15-10;1-6-4-5-8(12-6)15-10-14-7(2)13-9(11-3)16-10;1-5-3-4-7(11-5)14-9-13-6(2)12-8(10)15-9/h7-8,10,14H,1-6H3;6-7,9,13H,1-5H3,(H,14,15,16);5-6,8,12H,1-4H3,(H2,13,14,15,16);5-6,8,13H,1-4H3,(H2,12,14,15,16);4-5,7,12H,1-3H3,(H3,11,13,14,15);4-5,7,12H,1-3H3,(H3,11,13,14,15,16);3-4,6,11H,1-2H3,(H4,10,12,13,14,15). The van der Waals surface area contributed by atoms with Gasteiger partial charge < -0.3 is 107 Å². The van der Waals surface area contributed by atoms with E-state index in [2.05, 4.69) is 175 Å². The van der Waals surface area contributed by atoms with Crippen molar-refractivity contribution in [2.24, 2.45) is 81.4 Å². The van der Waals surface area contributed by atoms with Gasteiger partial charge in [-0.15, -0.1) is 0 Å². The highest BCUT2D eigenvalue weighted by atomic mass is 15.5. The number of hydrogen-bond acceptors (Lipinski definition) is 31. The van der Waals surface area contributed by atoms with E-state index in [1.165, 1.54) is 0 Å². The Balaban J connectivity index is 0.000000172. The van der Waals surface area contributed by atoms with Gasteiger partial charge in [-0.05, 0) is 182 Å². The van der Waals surface area contributed by atoms with Gasteiger partial charge >= 0.3 is 0 Å². The molecule has 0 amide bonds. The number of aromatic nitrogens is 7. The van der Waals surface area contributed by atoms with Crippen LogP contribution >= 0.6 is 0 Å². The summed E-state index contributed by atoms with van der Waals surface area (Å²) >= 11 is 0. The molecule has 0 bridgehead atoms. The molecule has 638 valence electrons. The zero-order valence-corrected chi connectivity index (χ0v) is 73.1. The molecule has 22 N–H and O–H groups in total. The van der Waals surface area contributed by atoms with Gasteiger partial charge in [0.15, 0.2) is 23.8 Å². The zero-order valence-electron chi connectivity index (χ0n) is 73.1. The summed E-state index contributed by atoms with van der Waals surface area (Å²) in [6.07, 6.45) is -0.479. The number of anilines is 7. The van der Waals surface area contributed by atoms with E-state index < -0.39 is 0 Å². The zero-order chi connectivity index (χ0) is 86.4.